The fourth-order valence-electron chi connectivity index (χ4n) is 2.90. The Morgan fingerprint density at radius 1 is 1.50 bits per heavy atom. The summed E-state index contributed by atoms with van der Waals surface area (Å²) in [4.78, 5) is 20.3. The molecule has 3 rings (SSSR count). The van der Waals surface area contributed by atoms with Crippen molar-refractivity contribution in [1.29, 1.82) is 0 Å². The maximum atomic E-state index is 13.7. The molecule has 2 atom stereocenters. The highest BCUT2D eigenvalue weighted by atomic mass is 35.5. The Kier molecular flexibility index (Phi) is 4.64. The first kappa shape index (κ1) is 17.0. The van der Waals surface area contributed by atoms with Crippen LogP contribution in [0.2, 0.25) is 5.02 Å². The van der Waals surface area contributed by atoms with Gasteiger partial charge in [0.1, 0.15) is 12.7 Å². The molecule has 2 aromatic rings. The van der Waals surface area contributed by atoms with E-state index in [2.05, 4.69) is 4.98 Å². The lowest BCUT2D eigenvalue weighted by atomic mass is 10.1. The number of carbonyl (C=O) groups excluding carboxylic acids is 1. The quantitative estimate of drug-likeness (QED) is 0.911. The van der Waals surface area contributed by atoms with Crippen LogP contribution >= 0.6 is 11.6 Å². The zero-order valence-corrected chi connectivity index (χ0v) is 14.5. The first-order valence-corrected chi connectivity index (χ1v) is 8.25. The SMILES string of the molecule is CN(C)C(=O)Cn1c(N2CC[C@@H](F)[C@H](N)C2)nc2cc(Cl)ccc21. The summed E-state index contributed by atoms with van der Waals surface area (Å²) in [7, 11) is 3.42. The molecule has 0 spiro atoms. The highest BCUT2D eigenvalue weighted by molar-refractivity contribution is 6.31. The topological polar surface area (TPSA) is 67.4 Å². The number of fused-ring (bicyclic) bond motifs is 1. The van der Waals surface area contributed by atoms with Gasteiger partial charge in [-0.1, -0.05) is 11.6 Å². The van der Waals surface area contributed by atoms with E-state index in [1.807, 2.05) is 15.5 Å². The van der Waals surface area contributed by atoms with E-state index in [1.54, 1.807) is 26.2 Å². The van der Waals surface area contributed by atoms with Crippen molar-refractivity contribution < 1.29 is 9.18 Å². The number of rotatable bonds is 3. The molecule has 2 N–H and O–H groups in total. The minimum atomic E-state index is -1.00. The first-order valence-electron chi connectivity index (χ1n) is 7.87. The van der Waals surface area contributed by atoms with Gasteiger partial charge in [-0.05, 0) is 24.6 Å². The average Bonchev–Trinajstić information content (AvgIpc) is 2.87. The van der Waals surface area contributed by atoms with Crippen LogP contribution < -0.4 is 10.6 Å². The number of nitrogens with two attached hydrogens (primary N) is 1. The molecule has 1 fully saturated rings. The van der Waals surface area contributed by atoms with Gasteiger partial charge in [-0.3, -0.25) is 4.79 Å². The number of anilines is 1. The van der Waals surface area contributed by atoms with Crippen LogP contribution in [-0.4, -0.2) is 59.8 Å². The van der Waals surface area contributed by atoms with E-state index in [1.165, 1.54) is 4.90 Å². The molecule has 0 aliphatic carbocycles. The van der Waals surface area contributed by atoms with E-state index >= 15 is 0 Å². The van der Waals surface area contributed by atoms with Gasteiger partial charge in [0, 0.05) is 32.2 Å². The fraction of sp³-hybridized carbons (Fsp3) is 0.500. The number of hydrogen-bond acceptors (Lipinski definition) is 4. The number of benzene rings is 1. The van der Waals surface area contributed by atoms with Gasteiger partial charge in [0.15, 0.2) is 0 Å². The van der Waals surface area contributed by atoms with Gasteiger partial charge in [-0.2, -0.15) is 0 Å². The molecule has 1 aromatic heterocycles. The minimum absolute atomic E-state index is 0.0461. The molecule has 24 heavy (non-hydrogen) atoms. The standard InChI is InChI=1S/C16H21ClFN5O/c1-21(2)15(24)9-23-14-4-3-10(17)7-13(14)20-16(23)22-6-5-11(18)12(19)8-22/h3-4,7,11-12H,5-6,8-9,19H2,1-2H3/t11-,12-/m1/s1. The molecule has 1 saturated heterocycles. The van der Waals surface area contributed by atoms with Crippen molar-refractivity contribution in [1.82, 2.24) is 14.5 Å². The Bertz CT molecular complexity index is 762. The number of hydrogen-bond donors (Lipinski definition) is 1. The highest BCUT2D eigenvalue weighted by Crippen LogP contribution is 2.27. The molecule has 1 aliphatic heterocycles. The predicted molar refractivity (Wildman–Crippen MR) is 93.1 cm³/mol. The lowest BCUT2D eigenvalue weighted by molar-refractivity contribution is -0.129. The van der Waals surface area contributed by atoms with Gasteiger partial charge in [0.25, 0.3) is 0 Å². The third-order valence-corrected chi connectivity index (χ3v) is 4.57. The second-order valence-corrected chi connectivity index (χ2v) is 6.77. The fourth-order valence-corrected chi connectivity index (χ4v) is 3.07. The second-order valence-electron chi connectivity index (χ2n) is 6.33. The molecule has 0 radical (unpaired) electrons. The van der Waals surface area contributed by atoms with Gasteiger partial charge in [-0.15, -0.1) is 0 Å². The number of nitrogens with zero attached hydrogens (tertiary/aromatic N) is 4. The Hall–Kier alpha value is -1.86. The second kappa shape index (κ2) is 6.57. The summed E-state index contributed by atoms with van der Waals surface area (Å²) in [5.41, 5.74) is 7.40. The summed E-state index contributed by atoms with van der Waals surface area (Å²) < 4.78 is 15.5. The molecule has 130 valence electrons. The summed E-state index contributed by atoms with van der Waals surface area (Å²) >= 11 is 6.06. The van der Waals surface area contributed by atoms with Crippen LogP contribution in [0, 0.1) is 0 Å². The molecule has 0 saturated carbocycles. The molecule has 1 amide bonds. The third kappa shape index (κ3) is 3.18. The van der Waals surface area contributed by atoms with Crippen molar-refractivity contribution in [3.63, 3.8) is 0 Å². The van der Waals surface area contributed by atoms with Gasteiger partial charge in [0.2, 0.25) is 11.9 Å². The van der Waals surface area contributed by atoms with Crippen LogP contribution in [0.5, 0.6) is 0 Å². The first-order chi connectivity index (χ1) is 11.4. The van der Waals surface area contributed by atoms with Crippen LogP contribution in [0.4, 0.5) is 10.3 Å². The molecule has 1 aliphatic rings. The molecular formula is C16H21ClFN5O. The van der Waals surface area contributed by atoms with Gasteiger partial charge in [0.05, 0.1) is 17.1 Å². The summed E-state index contributed by atoms with van der Waals surface area (Å²) in [6.07, 6.45) is -0.649. The Morgan fingerprint density at radius 2 is 2.25 bits per heavy atom. The number of carbonyl (C=O) groups is 1. The van der Waals surface area contributed by atoms with Crippen LogP contribution in [-0.2, 0) is 11.3 Å². The molecule has 0 unspecified atom stereocenters. The molecule has 8 heteroatoms. The van der Waals surface area contributed by atoms with E-state index in [0.29, 0.717) is 36.0 Å². The van der Waals surface area contributed by atoms with E-state index < -0.39 is 12.2 Å². The minimum Gasteiger partial charge on any atom is -0.347 e. The molecule has 1 aromatic carbocycles. The predicted octanol–water partition coefficient (Wildman–Crippen LogP) is 1.65. The maximum absolute atomic E-state index is 13.7. The van der Waals surface area contributed by atoms with Crippen molar-refractivity contribution >= 4 is 34.5 Å². The van der Waals surface area contributed by atoms with Crippen LogP contribution in [0.15, 0.2) is 18.2 Å². The van der Waals surface area contributed by atoms with E-state index in [4.69, 9.17) is 17.3 Å². The number of alkyl halides is 1. The van der Waals surface area contributed by atoms with E-state index in [0.717, 1.165) is 5.52 Å². The highest BCUT2D eigenvalue weighted by Gasteiger charge is 2.29. The zero-order valence-electron chi connectivity index (χ0n) is 13.7. The van der Waals surface area contributed by atoms with Gasteiger partial charge < -0.3 is 20.1 Å². The van der Waals surface area contributed by atoms with Crippen molar-refractivity contribution in [2.45, 2.75) is 25.2 Å². The summed E-state index contributed by atoms with van der Waals surface area (Å²) in [5.74, 6) is 0.583. The van der Waals surface area contributed by atoms with E-state index in [-0.39, 0.29) is 12.5 Å². The lowest BCUT2D eigenvalue weighted by Gasteiger charge is -2.34. The van der Waals surface area contributed by atoms with Crippen LogP contribution in [0.1, 0.15) is 6.42 Å². The maximum Gasteiger partial charge on any atom is 0.242 e. The smallest absolute Gasteiger partial charge is 0.242 e. The average molecular weight is 354 g/mol. The zero-order chi connectivity index (χ0) is 17.4. The van der Waals surface area contributed by atoms with Crippen LogP contribution in [0.25, 0.3) is 11.0 Å². The number of piperidine rings is 1. The molecular weight excluding hydrogens is 333 g/mol. The van der Waals surface area contributed by atoms with Crippen molar-refractivity contribution in [2.24, 2.45) is 5.73 Å². The summed E-state index contributed by atoms with van der Waals surface area (Å²) in [6, 6.07) is 4.82. The van der Waals surface area contributed by atoms with Crippen molar-refractivity contribution in [2.75, 3.05) is 32.1 Å². The Labute approximate surface area is 145 Å². The normalized spacial score (nSPS) is 21.3. The van der Waals surface area contributed by atoms with Crippen LogP contribution in [0.3, 0.4) is 0 Å². The number of aromatic nitrogens is 2. The molecule has 6 nitrogen and oxygen atoms in total. The number of amides is 1. The van der Waals surface area contributed by atoms with Gasteiger partial charge >= 0.3 is 0 Å². The Balaban J connectivity index is 2.03. The lowest BCUT2D eigenvalue weighted by Crippen LogP contribution is -2.50. The van der Waals surface area contributed by atoms with E-state index in [9.17, 15) is 9.18 Å². The Morgan fingerprint density at radius 3 is 2.92 bits per heavy atom. The summed E-state index contributed by atoms with van der Waals surface area (Å²) in [6.45, 7) is 1.04. The van der Waals surface area contributed by atoms with Crippen molar-refractivity contribution in [3.05, 3.63) is 23.2 Å². The third-order valence-electron chi connectivity index (χ3n) is 4.34. The van der Waals surface area contributed by atoms with Crippen molar-refractivity contribution in [3.8, 4) is 0 Å². The summed E-state index contributed by atoms with van der Waals surface area (Å²) in [5, 5.41) is 0.580. The number of likely N-dealkylation sites (N-methyl/N-ethyl adjacent to an activating group) is 1. The monoisotopic (exact) mass is 353 g/mol. The largest absolute Gasteiger partial charge is 0.347 e. The van der Waals surface area contributed by atoms with Gasteiger partial charge in [-0.25, -0.2) is 9.37 Å². The number of imidazole rings is 1. The molecule has 2 heterocycles. The molecule has 0 bridgehead atoms. The number of halogens is 2.